The summed E-state index contributed by atoms with van der Waals surface area (Å²) in [5.41, 5.74) is 2.07. The van der Waals surface area contributed by atoms with Crippen molar-refractivity contribution in [3.8, 4) is 0 Å². The number of hydrogen-bond acceptors (Lipinski definition) is 2. The van der Waals surface area contributed by atoms with Gasteiger partial charge in [-0.05, 0) is 31.4 Å². The maximum Gasteiger partial charge on any atom is 0.165 e. The molecule has 2 heteroatoms. The van der Waals surface area contributed by atoms with Gasteiger partial charge in [-0.2, -0.15) is 0 Å². The third kappa shape index (κ3) is 2.58. The number of benzene rings is 1. The van der Waals surface area contributed by atoms with Crippen molar-refractivity contribution in [2.24, 2.45) is 11.8 Å². The molecule has 0 heterocycles. The number of carbonyl (C=O) groups is 1. The zero-order chi connectivity index (χ0) is 12.4. The van der Waals surface area contributed by atoms with Gasteiger partial charge in [0.05, 0.1) is 0 Å². The summed E-state index contributed by atoms with van der Waals surface area (Å²) < 4.78 is 0. The van der Waals surface area contributed by atoms with Crippen molar-refractivity contribution in [1.29, 1.82) is 0 Å². The first-order chi connectivity index (χ1) is 8.15. The van der Waals surface area contributed by atoms with E-state index in [9.17, 15) is 4.79 Å². The topological polar surface area (TPSA) is 29.1 Å². The monoisotopic (exact) mass is 231 g/mol. The molecular weight excluding hydrogens is 210 g/mol. The molecule has 17 heavy (non-hydrogen) atoms. The van der Waals surface area contributed by atoms with Crippen LogP contribution in [0.25, 0.3) is 0 Å². The summed E-state index contributed by atoms with van der Waals surface area (Å²) >= 11 is 0. The van der Waals surface area contributed by atoms with Gasteiger partial charge < -0.3 is 5.32 Å². The van der Waals surface area contributed by atoms with Crippen molar-refractivity contribution in [1.82, 2.24) is 5.32 Å². The van der Waals surface area contributed by atoms with Crippen LogP contribution in [0.3, 0.4) is 0 Å². The molecule has 0 aliphatic heterocycles. The van der Waals surface area contributed by atoms with Gasteiger partial charge in [-0.1, -0.05) is 38.1 Å². The van der Waals surface area contributed by atoms with Crippen molar-refractivity contribution < 1.29 is 4.79 Å². The van der Waals surface area contributed by atoms with Crippen LogP contribution in [0.15, 0.2) is 24.3 Å². The van der Waals surface area contributed by atoms with Crippen LogP contribution in [0.4, 0.5) is 0 Å². The number of ketones is 1. The third-order valence-corrected chi connectivity index (χ3v) is 3.49. The molecule has 0 radical (unpaired) electrons. The molecule has 1 saturated carbocycles. The van der Waals surface area contributed by atoms with Crippen molar-refractivity contribution in [3.05, 3.63) is 35.4 Å². The lowest BCUT2D eigenvalue weighted by Gasteiger charge is -2.19. The second-order valence-corrected chi connectivity index (χ2v) is 5.21. The number of nitrogens with one attached hydrogen (secondary N) is 1. The lowest BCUT2D eigenvalue weighted by Crippen LogP contribution is -2.22. The molecule has 1 unspecified atom stereocenters. The number of Topliss-reactive ketones (excluding diaryl/α,β-unsaturated/α-hetero) is 1. The Morgan fingerprint density at radius 2 is 1.94 bits per heavy atom. The van der Waals surface area contributed by atoms with E-state index >= 15 is 0 Å². The number of rotatable bonds is 5. The van der Waals surface area contributed by atoms with Crippen molar-refractivity contribution >= 4 is 5.78 Å². The Kier molecular flexibility index (Phi) is 3.63. The zero-order valence-corrected chi connectivity index (χ0v) is 10.9. The normalized spacial score (nSPS) is 17.2. The molecule has 1 aliphatic rings. The molecule has 0 bridgehead atoms. The van der Waals surface area contributed by atoms with E-state index in [0.717, 1.165) is 5.56 Å². The first-order valence-corrected chi connectivity index (χ1v) is 6.45. The molecule has 1 aliphatic carbocycles. The van der Waals surface area contributed by atoms with Gasteiger partial charge in [-0.25, -0.2) is 0 Å². The number of hydrogen-bond donors (Lipinski definition) is 1. The molecule has 1 aromatic rings. The van der Waals surface area contributed by atoms with E-state index in [1.165, 1.54) is 18.4 Å². The Balaban J connectivity index is 2.35. The summed E-state index contributed by atoms with van der Waals surface area (Å²) in [6, 6.07) is 8.38. The average molecular weight is 231 g/mol. The van der Waals surface area contributed by atoms with Gasteiger partial charge in [0.1, 0.15) is 0 Å². The summed E-state index contributed by atoms with van der Waals surface area (Å²) in [7, 11) is 1.99. The van der Waals surface area contributed by atoms with Gasteiger partial charge in [0.15, 0.2) is 5.78 Å². The zero-order valence-electron chi connectivity index (χ0n) is 10.9. The first kappa shape index (κ1) is 12.3. The predicted octanol–water partition coefficient (Wildman–Crippen LogP) is 3.20. The summed E-state index contributed by atoms with van der Waals surface area (Å²) in [6.07, 6.45) is 2.55. The average Bonchev–Trinajstić information content (AvgIpc) is 3.14. The highest BCUT2D eigenvalue weighted by atomic mass is 16.1. The SMILES string of the molecule is CNC(c1ccccc1C(=O)C(C)C)C1CC1. The molecule has 1 atom stereocenters. The van der Waals surface area contributed by atoms with Crippen LogP contribution in [-0.2, 0) is 0 Å². The highest BCUT2D eigenvalue weighted by molar-refractivity contribution is 5.98. The molecule has 2 nitrogen and oxygen atoms in total. The molecule has 0 spiro atoms. The summed E-state index contributed by atoms with van der Waals surface area (Å²) in [5.74, 6) is 1.02. The van der Waals surface area contributed by atoms with Gasteiger partial charge in [-0.3, -0.25) is 4.79 Å². The first-order valence-electron chi connectivity index (χ1n) is 6.45. The molecule has 92 valence electrons. The van der Waals surface area contributed by atoms with Crippen LogP contribution in [0.5, 0.6) is 0 Å². The largest absolute Gasteiger partial charge is 0.313 e. The van der Waals surface area contributed by atoms with Gasteiger partial charge >= 0.3 is 0 Å². The maximum absolute atomic E-state index is 12.2. The van der Waals surface area contributed by atoms with Crippen LogP contribution in [0.2, 0.25) is 0 Å². The van der Waals surface area contributed by atoms with E-state index in [4.69, 9.17) is 0 Å². The van der Waals surface area contributed by atoms with Crippen LogP contribution in [-0.4, -0.2) is 12.8 Å². The molecule has 1 fully saturated rings. The molecule has 2 rings (SSSR count). The van der Waals surface area contributed by atoms with Crippen LogP contribution >= 0.6 is 0 Å². The Bertz CT molecular complexity index is 407. The second kappa shape index (κ2) is 5.01. The van der Waals surface area contributed by atoms with Gasteiger partial charge in [-0.15, -0.1) is 0 Å². The maximum atomic E-state index is 12.2. The van der Waals surface area contributed by atoms with E-state index in [-0.39, 0.29) is 11.7 Å². The molecule has 0 aromatic heterocycles. The standard InChI is InChI=1S/C15H21NO/c1-10(2)15(17)13-7-5-4-6-12(13)14(16-3)11-8-9-11/h4-7,10-11,14,16H,8-9H2,1-3H3. The minimum atomic E-state index is 0.0628. The lowest BCUT2D eigenvalue weighted by atomic mass is 9.91. The van der Waals surface area contributed by atoms with Gasteiger partial charge in [0.2, 0.25) is 0 Å². The highest BCUT2D eigenvalue weighted by Crippen LogP contribution is 2.41. The smallest absolute Gasteiger partial charge is 0.165 e. The Morgan fingerprint density at radius 3 is 2.47 bits per heavy atom. The van der Waals surface area contributed by atoms with Crippen molar-refractivity contribution in [2.75, 3.05) is 7.05 Å². The van der Waals surface area contributed by atoms with E-state index in [0.29, 0.717) is 12.0 Å². The summed E-state index contributed by atoms with van der Waals surface area (Å²) in [4.78, 5) is 12.2. The van der Waals surface area contributed by atoms with Crippen LogP contribution in [0, 0.1) is 11.8 Å². The number of carbonyl (C=O) groups excluding carboxylic acids is 1. The van der Waals surface area contributed by atoms with Crippen LogP contribution in [0.1, 0.15) is 48.7 Å². The quantitative estimate of drug-likeness (QED) is 0.788. The molecule has 0 amide bonds. The molecule has 1 aromatic carbocycles. The van der Waals surface area contributed by atoms with E-state index in [2.05, 4.69) is 11.4 Å². The van der Waals surface area contributed by atoms with E-state index < -0.39 is 0 Å². The van der Waals surface area contributed by atoms with E-state index in [1.807, 2.05) is 39.1 Å². The van der Waals surface area contributed by atoms with Crippen LogP contribution < -0.4 is 5.32 Å². The van der Waals surface area contributed by atoms with Crippen molar-refractivity contribution in [2.45, 2.75) is 32.7 Å². The fourth-order valence-corrected chi connectivity index (χ4v) is 2.38. The Morgan fingerprint density at radius 1 is 1.29 bits per heavy atom. The fraction of sp³-hybridized carbons (Fsp3) is 0.533. The third-order valence-electron chi connectivity index (χ3n) is 3.49. The van der Waals surface area contributed by atoms with Crippen molar-refractivity contribution in [3.63, 3.8) is 0 Å². The Labute approximate surface area is 103 Å². The summed E-state index contributed by atoms with van der Waals surface area (Å²) in [5, 5.41) is 3.36. The van der Waals surface area contributed by atoms with Gasteiger partial charge in [0.25, 0.3) is 0 Å². The summed E-state index contributed by atoms with van der Waals surface area (Å²) in [6.45, 7) is 3.93. The Hall–Kier alpha value is -1.15. The molecule has 1 N–H and O–H groups in total. The minimum absolute atomic E-state index is 0.0628. The minimum Gasteiger partial charge on any atom is -0.313 e. The van der Waals surface area contributed by atoms with E-state index in [1.54, 1.807) is 0 Å². The lowest BCUT2D eigenvalue weighted by molar-refractivity contribution is 0.0937. The predicted molar refractivity (Wildman–Crippen MR) is 70.1 cm³/mol. The molecule has 0 saturated heterocycles. The van der Waals surface area contributed by atoms with Gasteiger partial charge in [0, 0.05) is 17.5 Å². The molecular formula is C15H21NO. The fourth-order valence-electron chi connectivity index (χ4n) is 2.38. The highest BCUT2D eigenvalue weighted by Gasteiger charge is 2.33. The second-order valence-electron chi connectivity index (χ2n) is 5.21.